The van der Waals surface area contributed by atoms with Crippen molar-refractivity contribution in [3.63, 3.8) is 0 Å². The average molecular weight is 1730 g/mol. The molecule has 128 heavy (non-hydrogen) atoms. The van der Waals surface area contributed by atoms with Crippen LogP contribution in [0.5, 0.6) is 23.0 Å². The summed E-state index contributed by atoms with van der Waals surface area (Å²) in [6, 6.07) is 62.2. The van der Waals surface area contributed by atoms with Crippen LogP contribution < -0.4 is 18.9 Å². The first-order valence-electron chi connectivity index (χ1n) is 52.8. The van der Waals surface area contributed by atoms with Crippen molar-refractivity contribution in [1.29, 1.82) is 0 Å². The van der Waals surface area contributed by atoms with Gasteiger partial charge in [-0.1, -0.05) is 434 Å². The number of H-pyrrole nitrogens is 2. The van der Waals surface area contributed by atoms with Gasteiger partial charge in [-0.15, -0.1) is 0 Å². The third kappa shape index (κ3) is 36.1. The van der Waals surface area contributed by atoms with Crippen molar-refractivity contribution in [2.24, 2.45) is 0 Å². The number of aromatic amines is 2. The normalized spacial score (nSPS) is 11.8. The molecule has 6 aromatic carbocycles. The van der Waals surface area contributed by atoms with Crippen LogP contribution >= 0.6 is 0 Å². The first-order valence-corrected chi connectivity index (χ1v) is 52.8. The van der Waals surface area contributed by atoms with Gasteiger partial charge in [-0.2, -0.15) is 0 Å². The second-order valence-corrected chi connectivity index (χ2v) is 37.6. The summed E-state index contributed by atoms with van der Waals surface area (Å²) in [7, 11) is 0. The standard InChI is InChI=1S/C120H166N4O4/c1-5-9-13-17-21-25-29-33-37-41-45-49-53-57-89-125-107-75-61-97(62-76-107)111-83-69-101(93-113(111)99-65-79-109(80-66-99)127-91-59-55-51-47-43-39-35-31-27-23-19-15-11-7-3)119-115-85-71-103(121-115)95-105-73-87-117(123-105)120(118-88-74-106(124-118)96-104-72-86-116(119)122-104)102-70-84-112(98-63-77-108(78-64-98)126-90-58-54-50-46-42-38-34-30-26-22-18-14-10-6-2)114(94-102)100-67-81-110(82-68-100)128-92-60-56-52-48-44-40-36-32-28-24-20-16-12-8-4/h61-88,93-96,121,124H,5-60,89-92H2,1-4H3. The molecule has 2 N–H and O–H groups in total. The lowest BCUT2D eigenvalue weighted by Crippen LogP contribution is -1.98. The molecule has 2 aliphatic heterocycles. The van der Waals surface area contributed by atoms with Crippen LogP contribution in [0.25, 0.3) is 113 Å². The number of unbranched alkanes of at least 4 members (excludes halogenated alkanes) is 52. The van der Waals surface area contributed by atoms with E-state index in [4.69, 9.17) is 28.9 Å². The van der Waals surface area contributed by atoms with Gasteiger partial charge in [0.15, 0.2) is 0 Å². The van der Waals surface area contributed by atoms with Gasteiger partial charge in [0.25, 0.3) is 0 Å². The van der Waals surface area contributed by atoms with Gasteiger partial charge in [-0.3, -0.25) is 0 Å². The van der Waals surface area contributed by atoms with Crippen LogP contribution in [-0.2, 0) is 0 Å². The first kappa shape index (κ1) is 99.7. The number of nitrogens with zero attached hydrogens (tertiary/aromatic N) is 2. The quantitative estimate of drug-likeness (QED) is 0.0369. The summed E-state index contributed by atoms with van der Waals surface area (Å²) in [5.74, 6) is 3.65. The van der Waals surface area contributed by atoms with E-state index in [2.05, 4.69) is 232 Å². The maximum absolute atomic E-state index is 6.47. The van der Waals surface area contributed by atoms with Crippen LogP contribution in [0.15, 0.2) is 170 Å². The number of ether oxygens (including phenoxy) is 4. The molecule has 8 heteroatoms. The second-order valence-electron chi connectivity index (χ2n) is 37.6. The van der Waals surface area contributed by atoms with Gasteiger partial charge in [0.05, 0.1) is 49.2 Å². The van der Waals surface area contributed by atoms with E-state index in [9.17, 15) is 0 Å². The number of fused-ring (bicyclic) bond motifs is 8. The van der Waals surface area contributed by atoms with Gasteiger partial charge < -0.3 is 28.9 Å². The summed E-state index contributed by atoms with van der Waals surface area (Å²) < 4.78 is 25.8. The summed E-state index contributed by atoms with van der Waals surface area (Å²) in [5, 5.41) is 0. The van der Waals surface area contributed by atoms with Crippen LogP contribution in [0.2, 0.25) is 0 Å². The average Bonchev–Trinajstić information content (AvgIpc) is 1.55. The fraction of sp³-hybridized carbons (Fsp3) is 0.533. The van der Waals surface area contributed by atoms with Gasteiger partial charge in [0, 0.05) is 33.2 Å². The third-order valence-corrected chi connectivity index (χ3v) is 26.7. The molecule has 0 amide bonds. The Bertz CT molecular complexity index is 4430. The highest BCUT2D eigenvalue weighted by Crippen LogP contribution is 2.43. The van der Waals surface area contributed by atoms with Crippen molar-refractivity contribution in [2.75, 3.05) is 26.4 Å². The Hall–Kier alpha value is -8.88. The maximum Gasteiger partial charge on any atom is 0.119 e. The molecule has 0 saturated heterocycles. The van der Waals surface area contributed by atoms with E-state index in [1.807, 2.05) is 0 Å². The minimum Gasteiger partial charge on any atom is -0.494 e. The molecule has 0 unspecified atom stereocenters. The van der Waals surface area contributed by atoms with Crippen LogP contribution in [0.3, 0.4) is 0 Å². The highest BCUT2D eigenvalue weighted by atomic mass is 16.5. The Labute approximate surface area is 776 Å². The Morgan fingerprint density at radius 1 is 0.195 bits per heavy atom. The molecule has 2 aliphatic rings. The molecule has 0 radical (unpaired) electrons. The number of hydrogen-bond donors (Lipinski definition) is 2. The predicted octanol–water partition coefficient (Wildman–Crippen LogP) is 38.1. The molecule has 3 aromatic heterocycles. The number of rotatable bonds is 70. The van der Waals surface area contributed by atoms with E-state index >= 15 is 0 Å². The summed E-state index contributed by atoms with van der Waals surface area (Å²) in [6.45, 7) is 12.1. The van der Waals surface area contributed by atoms with E-state index in [-0.39, 0.29) is 0 Å². The van der Waals surface area contributed by atoms with E-state index in [1.54, 1.807) is 0 Å². The zero-order chi connectivity index (χ0) is 88.6. The lowest BCUT2D eigenvalue weighted by atomic mass is 9.90. The SMILES string of the molecule is CCCCCCCCCCCCCCCCOc1ccc(-c2ccc(-c3c4nc(cc5ccc([nH]5)c(-c5ccc(-c6ccc(OCCCCCCCCCCCCCCCC)cc6)c(-c6ccc(OCCCCCCCCCCCCCCCC)cc6)c5)c5nc(cc6ccc3[nH]6)C=C5)C=C4)cc2-c2ccc(OCCCCCCCCCCCCCCCC)cc2)cc1. The number of aromatic nitrogens is 4. The van der Waals surface area contributed by atoms with Crippen molar-refractivity contribution in [1.82, 2.24) is 19.9 Å². The van der Waals surface area contributed by atoms with Crippen LogP contribution in [0, 0.1) is 0 Å². The predicted molar refractivity (Wildman–Crippen MR) is 555 cm³/mol. The zero-order valence-corrected chi connectivity index (χ0v) is 80.4. The van der Waals surface area contributed by atoms with Gasteiger partial charge in [0.2, 0.25) is 0 Å². The van der Waals surface area contributed by atoms with E-state index < -0.39 is 0 Å². The van der Waals surface area contributed by atoms with Crippen molar-refractivity contribution in [2.45, 2.75) is 387 Å². The molecule has 8 nitrogen and oxygen atoms in total. The Kier molecular flexibility index (Phi) is 47.4. The Balaban J connectivity index is 0.808. The fourth-order valence-corrected chi connectivity index (χ4v) is 18.9. The van der Waals surface area contributed by atoms with Gasteiger partial charge in [-0.25, -0.2) is 9.97 Å². The maximum atomic E-state index is 6.47. The summed E-state index contributed by atoms with van der Waals surface area (Å²) in [4.78, 5) is 18.7. The minimum atomic E-state index is 0.730. The summed E-state index contributed by atoms with van der Waals surface area (Å²) in [6.07, 6.45) is 83.9. The summed E-state index contributed by atoms with van der Waals surface area (Å²) in [5.41, 5.74) is 20.6. The van der Waals surface area contributed by atoms with Gasteiger partial charge >= 0.3 is 0 Å². The zero-order valence-electron chi connectivity index (χ0n) is 80.4. The molecular formula is C120H166N4O4. The highest BCUT2D eigenvalue weighted by molar-refractivity contribution is 5.97. The molecule has 0 fully saturated rings. The molecule has 0 aliphatic carbocycles. The minimum absolute atomic E-state index is 0.730. The highest BCUT2D eigenvalue weighted by Gasteiger charge is 2.20. The smallest absolute Gasteiger partial charge is 0.119 e. The summed E-state index contributed by atoms with van der Waals surface area (Å²) >= 11 is 0. The fourth-order valence-electron chi connectivity index (χ4n) is 18.9. The van der Waals surface area contributed by atoms with E-state index in [0.29, 0.717) is 0 Å². The van der Waals surface area contributed by atoms with Crippen molar-refractivity contribution >= 4 is 46.4 Å². The third-order valence-electron chi connectivity index (χ3n) is 26.7. The van der Waals surface area contributed by atoms with Crippen molar-refractivity contribution in [3.8, 4) is 89.8 Å². The second kappa shape index (κ2) is 60.9. The molecular weight excluding hydrogens is 1560 g/mol. The van der Waals surface area contributed by atoms with Gasteiger partial charge in [-0.05, 0) is 203 Å². The molecule has 9 aromatic rings. The lowest BCUT2D eigenvalue weighted by molar-refractivity contribution is 0.304. The lowest BCUT2D eigenvalue weighted by Gasteiger charge is -2.15. The number of nitrogens with one attached hydrogen (secondary N) is 2. The van der Waals surface area contributed by atoms with Crippen LogP contribution in [-0.4, -0.2) is 46.4 Å². The first-order chi connectivity index (χ1) is 63.4. The molecule has 0 atom stereocenters. The van der Waals surface area contributed by atoms with Crippen LogP contribution in [0.1, 0.15) is 410 Å². The van der Waals surface area contributed by atoms with Crippen LogP contribution in [0.4, 0.5) is 0 Å². The molecule has 0 saturated carbocycles. The van der Waals surface area contributed by atoms with Gasteiger partial charge in [0.1, 0.15) is 23.0 Å². The molecule has 690 valence electrons. The Morgan fingerprint density at radius 3 is 0.641 bits per heavy atom. The number of hydrogen-bond acceptors (Lipinski definition) is 6. The Morgan fingerprint density at radius 2 is 0.406 bits per heavy atom. The molecule has 0 spiro atoms. The van der Waals surface area contributed by atoms with Crippen molar-refractivity contribution < 1.29 is 18.9 Å². The largest absolute Gasteiger partial charge is 0.494 e. The monoisotopic (exact) mass is 1730 g/mol. The van der Waals surface area contributed by atoms with Crippen molar-refractivity contribution in [3.05, 3.63) is 193 Å². The topological polar surface area (TPSA) is 94.3 Å². The molecule has 5 heterocycles. The number of benzene rings is 6. The van der Waals surface area contributed by atoms with E-state index in [1.165, 1.54) is 334 Å². The van der Waals surface area contributed by atoms with E-state index in [0.717, 1.165) is 187 Å². The molecule has 11 rings (SSSR count). The molecule has 8 bridgehead atoms.